The molecule has 0 spiro atoms. The zero-order chi connectivity index (χ0) is 16.0. The van der Waals surface area contributed by atoms with Crippen LogP contribution in [0.2, 0.25) is 0 Å². The summed E-state index contributed by atoms with van der Waals surface area (Å²) in [5, 5.41) is 2.52. The normalized spacial score (nSPS) is 11.0. The molecule has 0 saturated carbocycles. The third kappa shape index (κ3) is 5.16. The highest BCUT2D eigenvalue weighted by Gasteiger charge is 2.17. The van der Waals surface area contributed by atoms with E-state index in [0.29, 0.717) is 11.3 Å². The topological polar surface area (TPSA) is 102 Å². The minimum atomic E-state index is -3.76. The largest absolute Gasteiger partial charge is 0.469 e. The number of sulfonamides is 1. The summed E-state index contributed by atoms with van der Waals surface area (Å²) in [6, 6.07) is 4.58. The summed E-state index contributed by atoms with van der Waals surface area (Å²) in [7, 11) is -2.53. The van der Waals surface area contributed by atoms with E-state index in [-0.39, 0.29) is 23.8 Å². The first kappa shape index (κ1) is 17.1. The van der Waals surface area contributed by atoms with E-state index in [4.69, 9.17) is 0 Å². The summed E-state index contributed by atoms with van der Waals surface area (Å²) in [6.45, 7) is 2.92. The summed E-state index contributed by atoms with van der Waals surface area (Å²) in [6.07, 6.45) is -0.0554. The highest BCUT2D eigenvalue weighted by Crippen LogP contribution is 2.20. The average Bonchev–Trinajstić information content (AvgIpc) is 2.39. The summed E-state index contributed by atoms with van der Waals surface area (Å²) in [4.78, 5) is 22.0. The van der Waals surface area contributed by atoms with Gasteiger partial charge in [0.1, 0.15) is 0 Å². The van der Waals surface area contributed by atoms with Gasteiger partial charge in [-0.25, -0.2) is 13.1 Å². The van der Waals surface area contributed by atoms with E-state index in [1.807, 2.05) is 0 Å². The van der Waals surface area contributed by atoms with Crippen molar-refractivity contribution in [1.82, 2.24) is 4.72 Å². The Hall–Kier alpha value is -1.93. The number of carbonyl (C=O) groups excluding carboxylic acids is 2. The number of methoxy groups -OCH3 is 1. The van der Waals surface area contributed by atoms with Crippen LogP contribution in [0.5, 0.6) is 0 Å². The monoisotopic (exact) mass is 314 g/mol. The van der Waals surface area contributed by atoms with Crippen LogP contribution < -0.4 is 10.0 Å². The lowest BCUT2D eigenvalue weighted by Crippen LogP contribution is -2.27. The van der Waals surface area contributed by atoms with E-state index < -0.39 is 16.0 Å². The second-order valence-electron chi connectivity index (χ2n) is 4.39. The van der Waals surface area contributed by atoms with E-state index in [2.05, 4.69) is 14.8 Å². The maximum Gasteiger partial charge on any atom is 0.306 e. The van der Waals surface area contributed by atoms with Gasteiger partial charge in [0.15, 0.2) is 0 Å². The predicted octanol–water partition coefficient (Wildman–Crippen LogP) is 0.795. The second kappa shape index (κ2) is 7.19. The Balaban J connectivity index is 2.91. The van der Waals surface area contributed by atoms with E-state index in [1.54, 1.807) is 19.1 Å². The Morgan fingerprint density at radius 2 is 1.95 bits per heavy atom. The number of hydrogen-bond donors (Lipinski definition) is 2. The van der Waals surface area contributed by atoms with Crippen LogP contribution in [0.3, 0.4) is 0 Å². The van der Waals surface area contributed by atoms with Crippen molar-refractivity contribution in [3.05, 3.63) is 23.8 Å². The fourth-order valence-electron chi connectivity index (χ4n) is 1.64. The molecule has 0 fully saturated rings. The average molecular weight is 314 g/mol. The van der Waals surface area contributed by atoms with Gasteiger partial charge in [0.05, 0.1) is 18.4 Å². The Kier molecular flexibility index (Phi) is 5.86. The zero-order valence-electron chi connectivity index (χ0n) is 12.1. The second-order valence-corrected chi connectivity index (χ2v) is 6.12. The molecule has 0 saturated heterocycles. The van der Waals surface area contributed by atoms with Gasteiger partial charge in [-0.1, -0.05) is 6.07 Å². The van der Waals surface area contributed by atoms with Crippen LogP contribution in [-0.4, -0.2) is 33.9 Å². The van der Waals surface area contributed by atoms with Crippen molar-refractivity contribution in [2.45, 2.75) is 25.2 Å². The molecule has 1 aromatic carbocycles. The molecular formula is C13H18N2O5S. The van der Waals surface area contributed by atoms with Gasteiger partial charge in [-0.15, -0.1) is 0 Å². The zero-order valence-corrected chi connectivity index (χ0v) is 12.9. The van der Waals surface area contributed by atoms with Crippen molar-refractivity contribution >= 4 is 27.6 Å². The van der Waals surface area contributed by atoms with Crippen molar-refractivity contribution in [3.63, 3.8) is 0 Å². The first-order valence-electron chi connectivity index (χ1n) is 6.21. The predicted molar refractivity (Wildman–Crippen MR) is 77.3 cm³/mol. The molecule has 7 nitrogen and oxygen atoms in total. The summed E-state index contributed by atoms with van der Waals surface area (Å²) >= 11 is 0. The molecule has 1 aromatic rings. The van der Waals surface area contributed by atoms with Crippen LogP contribution in [-0.2, 0) is 24.3 Å². The molecule has 0 heterocycles. The minimum Gasteiger partial charge on any atom is -0.469 e. The first-order valence-corrected chi connectivity index (χ1v) is 7.69. The van der Waals surface area contributed by atoms with Crippen LogP contribution >= 0.6 is 0 Å². The molecule has 2 N–H and O–H groups in total. The number of hydrogen-bond acceptors (Lipinski definition) is 5. The molecule has 0 radical (unpaired) electrons. The molecule has 1 rings (SSSR count). The van der Waals surface area contributed by atoms with Gasteiger partial charge in [0.25, 0.3) is 0 Å². The van der Waals surface area contributed by atoms with Crippen LogP contribution in [0.1, 0.15) is 18.9 Å². The number of ether oxygens (including phenoxy) is 1. The van der Waals surface area contributed by atoms with E-state index in [1.165, 1.54) is 20.1 Å². The van der Waals surface area contributed by atoms with Gasteiger partial charge >= 0.3 is 5.97 Å². The quantitative estimate of drug-likeness (QED) is 0.756. The molecule has 0 atom stereocenters. The summed E-state index contributed by atoms with van der Waals surface area (Å²) in [5.74, 6) is -0.790. The number of benzene rings is 1. The van der Waals surface area contributed by atoms with E-state index >= 15 is 0 Å². The fourth-order valence-corrected chi connectivity index (χ4v) is 2.94. The molecule has 0 unspecified atom stereocenters. The van der Waals surface area contributed by atoms with Gasteiger partial charge in [-0.2, -0.15) is 0 Å². The molecule has 1 amide bonds. The van der Waals surface area contributed by atoms with Crippen LogP contribution in [0.4, 0.5) is 5.69 Å². The molecule has 8 heteroatoms. The molecule has 116 valence electrons. The lowest BCUT2D eigenvalue weighted by Gasteiger charge is -2.11. The van der Waals surface area contributed by atoms with Crippen molar-refractivity contribution in [3.8, 4) is 0 Å². The molecule has 21 heavy (non-hydrogen) atoms. The third-order valence-corrected chi connectivity index (χ3v) is 4.25. The van der Waals surface area contributed by atoms with Crippen LogP contribution in [0, 0.1) is 6.92 Å². The lowest BCUT2D eigenvalue weighted by atomic mass is 10.2. The van der Waals surface area contributed by atoms with Gasteiger partial charge in [-0.05, 0) is 24.6 Å². The van der Waals surface area contributed by atoms with Crippen molar-refractivity contribution in [2.24, 2.45) is 0 Å². The smallest absolute Gasteiger partial charge is 0.306 e. The number of esters is 1. The lowest BCUT2D eigenvalue weighted by molar-refractivity contribution is -0.140. The van der Waals surface area contributed by atoms with Crippen LogP contribution in [0.15, 0.2) is 23.1 Å². The standard InChI is InChI=1S/C13H18N2O5S/c1-9-4-5-11(15-10(2)16)8-12(9)21(18,19)14-7-6-13(17)20-3/h4-5,8,14H,6-7H2,1-3H3,(H,15,16). The molecule has 0 aliphatic heterocycles. The van der Waals surface area contributed by atoms with Gasteiger partial charge in [0, 0.05) is 19.2 Å². The Labute approximate surface area is 123 Å². The van der Waals surface area contributed by atoms with Crippen molar-refractivity contribution in [1.29, 1.82) is 0 Å². The number of carbonyl (C=O) groups is 2. The molecule has 0 aromatic heterocycles. The third-order valence-electron chi connectivity index (χ3n) is 2.65. The maximum atomic E-state index is 12.2. The van der Waals surface area contributed by atoms with Crippen molar-refractivity contribution < 1.29 is 22.7 Å². The Morgan fingerprint density at radius 1 is 1.29 bits per heavy atom. The van der Waals surface area contributed by atoms with Gasteiger partial charge in [0.2, 0.25) is 15.9 Å². The van der Waals surface area contributed by atoms with Gasteiger partial charge < -0.3 is 10.1 Å². The van der Waals surface area contributed by atoms with E-state index in [9.17, 15) is 18.0 Å². The maximum absolute atomic E-state index is 12.2. The van der Waals surface area contributed by atoms with E-state index in [0.717, 1.165) is 0 Å². The number of aryl methyl sites for hydroxylation is 1. The highest BCUT2D eigenvalue weighted by molar-refractivity contribution is 7.89. The highest BCUT2D eigenvalue weighted by atomic mass is 32.2. The van der Waals surface area contributed by atoms with Crippen LogP contribution in [0.25, 0.3) is 0 Å². The summed E-state index contributed by atoms with van der Waals surface area (Å²) < 4.78 is 31.1. The SMILES string of the molecule is COC(=O)CCNS(=O)(=O)c1cc(NC(C)=O)ccc1C. The number of amides is 1. The number of nitrogens with one attached hydrogen (secondary N) is 2. The molecule has 0 aliphatic rings. The van der Waals surface area contributed by atoms with Gasteiger partial charge in [-0.3, -0.25) is 9.59 Å². The number of rotatable bonds is 6. The minimum absolute atomic E-state index is 0.0543. The molecule has 0 aliphatic carbocycles. The molecular weight excluding hydrogens is 296 g/mol. The Bertz CT molecular complexity index is 640. The number of anilines is 1. The Morgan fingerprint density at radius 3 is 2.52 bits per heavy atom. The van der Waals surface area contributed by atoms with Crippen molar-refractivity contribution in [2.75, 3.05) is 19.0 Å². The summed E-state index contributed by atoms with van der Waals surface area (Å²) in [5.41, 5.74) is 0.927. The molecule has 0 bridgehead atoms. The fraction of sp³-hybridized carbons (Fsp3) is 0.385. The first-order chi connectivity index (χ1) is 9.76.